The molecular formula is C10H14BrN3O2. The van der Waals surface area contributed by atoms with E-state index in [9.17, 15) is 9.59 Å². The van der Waals surface area contributed by atoms with Crippen molar-refractivity contribution in [3.05, 3.63) is 28.2 Å². The highest BCUT2D eigenvalue weighted by molar-refractivity contribution is 9.09. The van der Waals surface area contributed by atoms with Crippen LogP contribution in [-0.4, -0.2) is 27.5 Å². The number of carbonyl (C=O) groups excluding carboxylic acids is 1. The molecule has 0 spiro atoms. The van der Waals surface area contributed by atoms with Crippen molar-refractivity contribution in [1.82, 2.24) is 15.5 Å². The molecule has 1 aromatic heterocycles. The Bertz CT molecular complexity index is 385. The van der Waals surface area contributed by atoms with E-state index in [0.29, 0.717) is 11.4 Å². The molecule has 0 aliphatic heterocycles. The number of rotatable bonds is 5. The molecule has 88 valence electrons. The lowest BCUT2D eigenvalue weighted by Crippen LogP contribution is -2.27. The summed E-state index contributed by atoms with van der Waals surface area (Å²) in [6.07, 6.45) is 1.89. The Morgan fingerprint density at radius 3 is 2.94 bits per heavy atom. The fraction of sp³-hybridized carbons (Fsp3) is 0.500. The summed E-state index contributed by atoms with van der Waals surface area (Å²) in [5, 5.41) is 8.58. The van der Waals surface area contributed by atoms with Gasteiger partial charge >= 0.3 is 0 Å². The molecule has 0 saturated heterocycles. The Balaban J connectivity index is 2.41. The number of halogens is 1. The smallest absolute Gasteiger partial charge is 0.271 e. The summed E-state index contributed by atoms with van der Waals surface area (Å²) in [4.78, 5) is 22.7. The predicted molar refractivity (Wildman–Crippen MR) is 64.8 cm³/mol. The van der Waals surface area contributed by atoms with Crippen LogP contribution in [0.5, 0.6) is 0 Å². The topological polar surface area (TPSA) is 74.8 Å². The van der Waals surface area contributed by atoms with Crippen LogP contribution >= 0.6 is 15.9 Å². The number of aromatic nitrogens is 2. The van der Waals surface area contributed by atoms with Gasteiger partial charge in [-0.25, -0.2) is 5.10 Å². The summed E-state index contributed by atoms with van der Waals surface area (Å²) in [6.45, 7) is 2.66. The highest BCUT2D eigenvalue weighted by Gasteiger charge is 2.07. The van der Waals surface area contributed by atoms with Crippen LogP contribution in [0.3, 0.4) is 0 Å². The minimum Gasteiger partial charge on any atom is -0.351 e. The first-order valence-electron chi connectivity index (χ1n) is 5.11. The second kappa shape index (κ2) is 6.42. The van der Waals surface area contributed by atoms with E-state index in [0.717, 1.165) is 12.8 Å². The number of hydrogen-bond donors (Lipinski definition) is 2. The number of H-pyrrole nitrogens is 1. The molecule has 1 rings (SSSR count). The Kier molecular flexibility index (Phi) is 5.18. The average molecular weight is 288 g/mol. The van der Waals surface area contributed by atoms with Gasteiger partial charge in [0.15, 0.2) is 0 Å². The average Bonchev–Trinajstić information content (AvgIpc) is 2.29. The Hall–Kier alpha value is -1.17. The maximum Gasteiger partial charge on any atom is 0.271 e. The Morgan fingerprint density at radius 1 is 1.62 bits per heavy atom. The van der Waals surface area contributed by atoms with Gasteiger partial charge in [-0.2, -0.15) is 5.10 Å². The lowest BCUT2D eigenvalue weighted by atomic mass is 10.2. The Morgan fingerprint density at radius 2 is 2.38 bits per heavy atom. The molecule has 1 amide bonds. The van der Waals surface area contributed by atoms with Crippen LogP contribution in [0.1, 0.15) is 30.3 Å². The summed E-state index contributed by atoms with van der Waals surface area (Å²) in [5.74, 6) is -0.271. The van der Waals surface area contributed by atoms with Crippen LogP contribution < -0.4 is 10.9 Å². The minimum absolute atomic E-state index is 0.224. The second-order valence-electron chi connectivity index (χ2n) is 3.36. The third kappa shape index (κ3) is 4.14. The molecule has 1 unspecified atom stereocenters. The van der Waals surface area contributed by atoms with Crippen molar-refractivity contribution in [2.45, 2.75) is 24.6 Å². The molecule has 0 radical (unpaired) electrons. The third-order valence-corrected chi connectivity index (χ3v) is 3.20. The van der Waals surface area contributed by atoms with Crippen LogP contribution in [0.25, 0.3) is 0 Å². The molecule has 1 atom stereocenters. The van der Waals surface area contributed by atoms with E-state index >= 15 is 0 Å². The fourth-order valence-corrected chi connectivity index (χ4v) is 1.34. The maximum atomic E-state index is 11.5. The number of nitrogens with one attached hydrogen (secondary N) is 2. The lowest BCUT2D eigenvalue weighted by Gasteiger charge is -2.07. The molecular weight excluding hydrogens is 274 g/mol. The minimum atomic E-state index is -0.317. The zero-order valence-corrected chi connectivity index (χ0v) is 10.6. The molecule has 0 saturated carbocycles. The van der Waals surface area contributed by atoms with Crippen LogP contribution in [0.2, 0.25) is 0 Å². The first-order chi connectivity index (χ1) is 7.63. The fourth-order valence-electron chi connectivity index (χ4n) is 1.11. The molecule has 1 aromatic rings. The molecule has 6 heteroatoms. The van der Waals surface area contributed by atoms with Gasteiger partial charge in [-0.15, -0.1) is 0 Å². The van der Waals surface area contributed by atoms with Crippen LogP contribution in [0.4, 0.5) is 0 Å². The van der Waals surface area contributed by atoms with E-state index in [-0.39, 0.29) is 17.2 Å². The summed E-state index contributed by atoms with van der Waals surface area (Å²) in [5.41, 5.74) is -0.0923. The number of nitrogens with zero attached hydrogens (tertiary/aromatic N) is 1. The number of hydrogen-bond acceptors (Lipinski definition) is 3. The summed E-state index contributed by atoms with van der Waals surface area (Å²) < 4.78 is 0. The normalized spacial score (nSPS) is 12.1. The van der Waals surface area contributed by atoms with Crippen molar-refractivity contribution < 1.29 is 4.79 Å². The van der Waals surface area contributed by atoms with Crippen LogP contribution in [-0.2, 0) is 0 Å². The summed E-state index contributed by atoms with van der Waals surface area (Å²) >= 11 is 3.48. The van der Waals surface area contributed by atoms with Crippen molar-refractivity contribution in [3.8, 4) is 0 Å². The van der Waals surface area contributed by atoms with Gasteiger partial charge in [0, 0.05) is 17.4 Å². The van der Waals surface area contributed by atoms with Gasteiger partial charge in [0.1, 0.15) is 5.69 Å². The van der Waals surface area contributed by atoms with E-state index in [1.165, 1.54) is 12.1 Å². The number of amides is 1. The monoisotopic (exact) mass is 287 g/mol. The van der Waals surface area contributed by atoms with Gasteiger partial charge in [-0.05, 0) is 18.9 Å². The van der Waals surface area contributed by atoms with E-state index < -0.39 is 0 Å². The van der Waals surface area contributed by atoms with E-state index in [1.807, 2.05) is 0 Å². The zero-order valence-electron chi connectivity index (χ0n) is 9.00. The molecule has 0 aliphatic carbocycles. The largest absolute Gasteiger partial charge is 0.351 e. The van der Waals surface area contributed by atoms with Crippen molar-refractivity contribution in [1.29, 1.82) is 0 Å². The summed E-state index contributed by atoms with van der Waals surface area (Å²) in [7, 11) is 0. The first-order valence-corrected chi connectivity index (χ1v) is 6.03. The number of carbonyl (C=O) groups is 1. The zero-order chi connectivity index (χ0) is 12.0. The second-order valence-corrected chi connectivity index (χ2v) is 4.65. The molecule has 0 bridgehead atoms. The predicted octanol–water partition coefficient (Wildman–Crippen LogP) is 1.06. The van der Waals surface area contributed by atoms with Crippen molar-refractivity contribution >= 4 is 21.8 Å². The van der Waals surface area contributed by atoms with E-state index in [1.54, 1.807) is 0 Å². The standard InChI is InChI=1S/C10H14BrN3O2/c1-2-7(11)5-6-12-10(16)8-3-4-9(15)14-13-8/h3-4,7H,2,5-6H2,1H3,(H,12,16)(H,14,15). The number of alkyl halides is 1. The highest BCUT2D eigenvalue weighted by Crippen LogP contribution is 2.07. The molecule has 0 aromatic carbocycles. The molecule has 2 N–H and O–H groups in total. The SMILES string of the molecule is CCC(Br)CCNC(=O)c1ccc(=O)[nH]n1. The molecule has 5 nitrogen and oxygen atoms in total. The van der Waals surface area contributed by atoms with Gasteiger partial charge in [-0.3, -0.25) is 9.59 Å². The highest BCUT2D eigenvalue weighted by atomic mass is 79.9. The van der Waals surface area contributed by atoms with Gasteiger partial charge in [0.25, 0.3) is 11.5 Å². The van der Waals surface area contributed by atoms with Gasteiger partial charge < -0.3 is 5.32 Å². The lowest BCUT2D eigenvalue weighted by molar-refractivity contribution is 0.0947. The van der Waals surface area contributed by atoms with Crippen LogP contribution in [0, 0.1) is 0 Å². The van der Waals surface area contributed by atoms with Gasteiger partial charge in [0.2, 0.25) is 0 Å². The quantitative estimate of drug-likeness (QED) is 0.796. The summed E-state index contributed by atoms with van der Waals surface area (Å²) in [6, 6.07) is 2.68. The molecule has 1 heterocycles. The molecule has 16 heavy (non-hydrogen) atoms. The Labute approximate surface area is 102 Å². The van der Waals surface area contributed by atoms with Crippen molar-refractivity contribution in [3.63, 3.8) is 0 Å². The first kappa shape index (κ1) is 12.9. The van der Waals surface area contributed by atoms with Crippen LogP contribution in [0.15, 0.2) is 16.9 Å². The molecule has 0 aliphatic rings. The van der Waals surface area contributed by atoms with Gasteiger partial charge in [0.05, 0.1) is 0 Å². The number of aromatic amines is 1. The van der Waals surface area contributed by atoms with E-state index in [4.69, 9.17) is 0 Å². The maximum absolute atomic E-state index is 11.5. The van der Waals surface area contributed by atoms with Gasteiger partial charge in [-0.1, -0.05) is 22.9 Å². The van der Waals surface area contributed by atoms with Crippen molar-refractivity contribution in [2.75, 3.05) is 6.54 Å². The molecule has 0 fully saturated rings. The third-order valence-electron chi connectivity index (χ3n) is 2.10. The van der Waals surface area contributed by atoms with E-state index in [2.05, 4.69) is 38.4 Å². The van der Waals surface area contributed by atoms with Crippen molar-refractivity contribution in [2.24, 2.45) is 0 Å².